The van der Waals surface area contributed by atoms with E-state index in [0.717, 1.165) is 34.1 Å². The first-order valence-corrected chi connectivity index (χ1v) is 10.7. The van der Waals surface area contributed by atoms with Crippen molar-refractivity contribution < 1.29 is 4.74 Å². The number of aromatic nitrogens is 5. The summed E-state index contributed by atoms with van der Waals surface area (Å²) in [7, 11) is 1.68. The molecule has 9 heteroatoms. The Labute approximate surface area is 191 Å². The van der Waals surface area contributed by atoms with Crippen LogP contribution in [0, 0.1) is 13.8 Å². The normalized spacial score (nSPS) is 18.1. The second-order valence-electron chi connectivity index (χ2n) is 7.65. The van der Waals surface area contributed by atoms with Crippen molar-refractivity contribution in [2.75, 3.05) is 12.0 Å². The van der Waals surface area contributed by atoms with E-state index in [0.29, 0.717) is 5.11 Å². The Morgan fingerprint density at radius 2 is 1.78 bits per heavy atom. The fraction of sp³-hybridized carbons (Fsp3) is 0.217. The molecule has 4 aromatic rings. The Kier molecular flexibility index (Phi) is 5.10. The summed E-state index contributed by atoms with van der Waals surface area (Å²) in [6.45, 7) is 4.17. The number of nitrogens with one attached hydrogen (secondary N) is 1. The molecule has 2 atom stereocenters. The van der Waals surface area contributed by atoms with E-state index in [-0.39, 0.29) is 12.1 Å². The minimum absolute atomic E-state index is 0.134. The van der Waals surface area contributed by atoms with E-state index in [1.807, 2.05) is 53.3 Å². The summed E-state index contributed by atoms with van der Waals surface area (Å²) in [6, 6.07) is 15.8. The summed E-state index contributed by atoms with van der Waals surface area (Å²) in [6.07, 6.45) is 5.19. The molecular formula is C23H23N7OS. The van der Waals surface area contributed by atoms with Gasteiger partial charge in [0.15, 0.2) is 5.11 Å². The maximum atomic E-state index is 5.85. The molecule has 32 heavy (non-hydrogen) atoms. The highest BCUT2D eigenvalue weighted by Crippen LogP contribution is 2.45. The van der Waals surface area contributed by atoms with Crippen LogP contribution in [0.25, 0.3) is 0 Å². The molecule has 1 N–H and O–H groups in total. The molecule has 0 spiro atoms. The van der Waals surface area contributed by atoms with Crippen LogP contribution in [-0.4, -0.2) is 36.8 Å². The second-order valence-corrected chi connectivity index (χ2v) is 8.04. The standard InChI is InChI=1S/C23H23N7OS/c1-15-12-17(16(2)30(15)28-13-25-26-14-28)22-21(18-8-6-7-11-24-18)27-23(32)29(22)19-9-4-5-10-20(19)31-3/h4-14,21-22H,1-3H3,(H,27,32). The molecule has 8 nitrogen and oxygen atoms in total. The van der Waals surface area contributed by atoms with Crippen LogP contribution in [0.3, 0.4) is 0 Å². The van der Waals surface area contributed by atoms with Crippen molar-refractivity contribution >= 4 is 23.0 Å². The largest absolute Gasteiger partial charge is 0.495 e. The Balaban J connectivity index is 1.71. The van der Waals surface area contributed by atoms with E-state index >= 15 is 0 Å². The van der Waals surface area contributed by atoms with Crippen molar-refractivity contribution in [3.8, 4) is 5.75 Å². The molecule has 0 bridgehead atoms. The predicted octanol–water partition coefficient (Wildman–Crippen LogP) is 3.59. The molecule has 1 saturated heterocycles. The average Bonchev–Trinajstić information content (AvgIpc) is 3.52. The molecule has 4 heterocycles. The third-order valence-electron chi connectivity index (χ3n) is 5.83. The number of anilines is 1. The lowest BCUT2D eigenvalue weighted by Crippen LogP contribution is -2.30. The van der Waals surface area contributed by atoms with Crippen LogP contribution < -0.4 is 15.0 Å². The zero-order chi connectivity index (χ0) is 22.2. The number of para-hydroxylation sites is 2. The Morgan fingerprint density at radius 1 is 1.03 bits per heavy atom. The minimum Gasteiger partial charge on any atom is -0.495 e. The lowest BCUT2D eigenvalue weighted by molar-refractivity contribution is 0.414. The van der Waals surface area contributed by atoms with Gasteiger partial charge >= 0.3 is 0 Å². The molecular weight excluding hydrogens is 422 g/mol. The summed E-state index contributed by atoms with van der Waals surface area (Å²) in [5.41, 5.74) is 5.09. The van der Waals surface area contributed by atoms with Crippen LogP contribution in [0.4, 0.5) is 5.69 Å². The third kappa shape index (κ3) is 3.21. The third-order valence-corrected chi connectivity index (χ3v) is 6.15. The molecule has 0 saturated carbocycles. The van der Waals surface area contributed by atoms with Crippen LogP contribution in [0.5, 0.6) is 5.75 Å². The lowest BCUT2D eigenvalue weighted by Gasteiger charge is -2.29. The zero-order valence-corrected chi connectivity index (χ0v) is 18.8. The molecule has 0 aliphatic carbocycles. The van der Waals surface area contributed by atoms with E-state index in [9.17, 15) is 0 Å². The predicted molar refractivity (Wildman–Crippen MR) is 126 cm³/mol. The number of methoxy groups -OCH3 is 1. The number of pyridine rings is 1. The van der Waals surface area contributed by atoms with Crippen molar-refractivity contribution in [3.05, 3.63) is 90.0 Å². The molecule has 162 valence electrons. The number of ether oxygens (including phenoxy) is 1. The van der Waals surface area contributed by atoms with Gasteiger partial charge in [-0.1, -0.05) is 18.2 Å². The van der Waals surface area contributed by atoms with Gasteiger partial charge in [-0.3, -0.25) is 9.66 Å². The highest BCUT2D eigenvalue weighted by Gasteiger charge is 2.43. The highest BCUT2D eigenvalue weighted by atomic mass is 32.1. The monoisotopic (exact) mass is 445 g/mol. The number of rotatable bonds is 5. The summed E-state index contributed by atoms with van der Waals surface area (Å²) >= 11 is 5.85. The molecule has 3 aromatic heterocycles. The van der Waals surface area contributed by atoms with Crippen LogP contribution in [0.15, 0.2) is 67.4 Å². The smallest absolute Gasteiger partial charge is 0.174 e. The maximum absolute atomic E-state index is 5.85. The van der Waals surface area contributed by atoms with Crippen molar-refractivity contribution in [1.82, 2.24) is 29.9 Å². The molecule has 5 rings (SSSR count). The van der Waals surface area contributed by atoms with E-state index in [1.54, 1.807) is 19.8 Å². The SMILES string of the molecule is COc1ccccc1N1C(=S)NC(c2ccccn2)C1c1cc(C)n(-n2cnnc2)c1C. The molecule has 1 aromatic carbocycles. The quantitative estimate of drug-likeness (QED) is 0.471. The number of hydrogen-bond donors (Lipinski definition) is 1. The average molecular weight is 446 g/mol. The Hall–Kier alpha value is -3.72. The summed E-state index contributed by atoms with van der Waals surface area (Å²) in [5.74, 6) is 0.760. The van der Waals surface area contributed by atoms with Crippen molar-refractivity contribution in [1.29, 1.82) is 0 Å². The van der Waals surface area contributed by atoms with Gasteiger partial charge < -0.3 is 15.0 Å². The Morgan fingerprint density at radius 3 is 2.50 bits per heavy atom. The number of benzene rings is 1. The van der Waals surface area contributed by atoms with Gasteiger partial charge in [0.05, 0.1) is 30.6 Å². The van der Waals surface area contributed by atoms with Gasteiger partial charge in [0.25, 0.3) is 0 Å². The van der Waals surface area contributed by atoms with Gasteiger partial charge in [-0.15, -0.1) is 10.2 Å². The fourth-order valence-electron chi connectivity index (χ4n) is 4.49. The second kappa shape index (κ2) is 8.08. The van der Waals surface area contributed by atoms with Gasteiger partial charge in [0.1, 0.15) is 18.4 Å². The van der Waals surface area contributed by atoms with Crippen LogP contribution >= 0.6 is 12.2 Å². The molecule has 0 radical (unpaired) electrons. The number of hydrogen-bond acceptors (Lipinski definition) is 5. The van der Waals surface area contributed by atoms with Crippen LogP contribution in [0.1, 0.15) is 34.7 Å². The molecule has 1 aliphatic rings. The van der Waals surface area contributed by atoms with Gasteiger partial charge in [-0.2, -0.15) is 0 Å². The fourth-order valence-corrected chi connectivity index (χ4v) is 4.83. The maximum Gasteiger partial charge on any atom is 0.174 e. The Bertz CT molecular complexity index is 1250. The van der Waals surface area contributed by atoms with Crippen molar-refractivity contribution in [2.24, 2.45) is 0 Å². The van der Waals surface area contributed by atoms with Crippen LogP contribution in [0.2, 0.25) is 0 Å². The first-order valence-electron chi connectivity index (χ1n) is 10.3. The van der Waals surface area contributed by atoms with Gasteiger partial charge in [0.2, 0.25) is 0 Å². The molecule has 2 unspecified atom stereocenters. The van der Waals surface area contributed by atoms with Crippen LogP contribution in [-0.2, 0) is 0 Å². The van der Waals surface area contributed by atoms with E-state index in [4.69, 9.17) is 17.0 Å². The number of thiocarbonyl (C=S) groups is 1. The van der Waals surface area contributed by atoms with E-state index in [1.165, 1.54) is 0 Å². The number of nitrogens with zero attached hydrogens (tertiary/aromatic N) is 6. The first kappa shape index (κ1) is 20.2. The first-order chi connectivity index (χ1) is 15.6. The van der Waals surface area contributed by atoms with Gasteiger partial charge in [0, 0.05) is 23.1 Å². The topological polar surface area (TPSA) is 73.0 Å². The minimum atomic E-state index is -0.136. The molecule has 1 aliphatic heterocycles. The summed E-state index contributed by atoms with van der Waals surface area (Å²) in [4.78, 5) is 6.77. The highest BCUT2D eigenvalue weighted by molar-refractivity contribution is 7.80. The van der Waals surface area contributed by atoms with E-state index < -0.39 is 0 Å². The molecule has 1 fully saturated rings. The van der Waals surface area contributed by atoms with E-state index in [2.05, 4.69) is 50.0 Å². The summed E-state index contributed by atoms with van der Waals surface area (Å²) in [5, 5.41) is 12.1. The zero-order valence-electron chi connectivity index (χ0n) is 18.0. The van der Waals surface area contributed by atoms with Crippen molar-refractivity contribution in [2.45, 2.75) is 25.9 Å². The number of aryl methyl sites for hydroxylation is 1. The van der Waals surface area contributed by atoms with Gasteiger partial charge in [-0.25, -0.2) is 4.68 Å². The van der Waals surface area contributed by atoms with Gasteiger partial charge in [-0.05, 0) is 56.4 Å². The lowest BCUT2D eigenvalue weighted by atomic mass is 9.96. The molecule has 0 amide bonds. The summed E-state index contributed by atoms with van der Waals surface area (Å²) < 4.78 is 9.64. The van der Waals surface area contributed by atoms with Crippen molar-refractivity contribution in [3.63, 3.8) is 0 Å².